The quantitative estimate of drug-likeness (QED) is 0.118. The highest BCUT2D eigenvalue weighted by Gasteiger charge is 2.48. The molecule has 2 bridgehead atoms. The first-order valence-corrected chi connectivity index (χ1v) is 18.4. The highest BCUT2D eigenvalue weighted by molar-refractivity contribution is 5.96. The zero-order valence-electron chi connectivity index (χ0n) is 29.3. The first-order chi connectivity index (χ1) is 24.3. The highest BCUT2D eigenvalue weighted by atomic mass is 79.9. The van der Waals surface area contributed by atoms with E-state index in [-0.39, 0.29) is 53.8 Å². The molecule has 3 atom stereocenters. The number of piperidine rings is 3. The number of aromatic hydroxyl groups is 1. The molecule has 51 heavy (non-hydrogen) atoms. The molecule has 0 aromatic heterocycles. The number of carbonyl (C=O) groups is 1. The van der Waals surface area contributed by atoms with Crippen LogP contribution >= 0.6 is 0 Å². The van der Waals surface area contributed by atoms with Gasteiger partial charge in [0.25, 0.3) is 5.91 Å². The second-order valence-corrected chi connectivity index (χ2v) is 14.9. The van der Waals surface area contributed by atoms with Crippen LogP contribution in [0, 0.1) is 11.8 Å². The first kappa shape index (κ1) is 37.6. The Bertz CT molecular complexity index is 1600. The molecule has 1 aliphatic carbocycles. The van der Waals surface area contributed by atoms with Gasteiger partial charge in [0.15, 0.2) is 6.61 Å². The number of anilines is 1. The van der Waals surface area contributed by atoms with Crippen molar-refractivity contribution in [2.75, 3.05) is 57.9 Å². The number of phenolic OH excluding ortho intramolecular Hbond substituents is 1. The molecule has 3 aromatic rings. The molecule has 0 radical (unpaired) electrons. The fraction of sp³-hybridized carbons (Fsp3) is 0.525. The van der Waals surface area contributed by atoms with E-state index in [0.717, 1.165) is 53.7 Å². The summed E-state index contributed by atoms with van der Waals surface area (Å²) in [5.41, 5.74) is 1.91. The molecule has 1 amide bonds. The number of amides is 1. The third-order valence-corrected chi connectivity index (χ3v) is 11.6. The zero-order valence-corrected chi connectivity index (χ0v) is 30.9. The Morgan fingerprint density at radius 1 is 1.02 bits per heavy atom. The zero-order chi connectivity index (χ0) is 34.6. The van der Waals surface area contributed by atoms with E-state index in [2.05, 4.69) is 22.8 Å². The van der Waals surface area contributed by atoms with E-state index in [1.807, 2.05) is 42.5 Å². The Labute approximate surface area is 311 Å². The fourth-order valence-electron chi connectivity index (χ4n) is 8.74. The van der Waals surface area contributed by atoms with Crippen LogP contribution in [0.25, 0.3) is 0 Å². The summed E-state index contributed by atoms with van der Waals surface area (Å²) in [7, 11) is 0. The Morgan fingerprint density at radius 2 is 1.76 bits per heavy atom. The van der Waals surface area contributed by atoms with E-state index in [1.54, 1.807) is 0 Å². The van der Waals surface area contributed by atoms with Gasteiger partial charge in [-0.05, 0) is 48.1 Å². The molecule has 5 aliphatic rings. The average Bonchev–Trinajstić information content (AvgIpc) is 3.70. The summed E-state index contributed by atoms with van der Waals surface area (Å²) in [4.78, 5) is 11.6. The van der Waals surface area contributed by atoms with Gasteiger partial charge in [-0.15, -0.1) is 0 Å². The number of hydrogen-bond donors (Lipinski definition) is 5. The standard InChI is InChI=1S/C40H51N3O7.BrH/c44-32-21-34(39-35(22-32)42-38(46)26-49-39)36(45)24-41-23-28-11-13-33(14-12-28)48-20-6-17-43-18-15-29(16-19-43)37(25-43)50-27-40(47,31-9-4-5-10-31)30-7-2-1-3-8-30;/h1-3,7-8,11-14,21-22,29,31,36-37,41,45,47H,4-6,9-10,15-20,23-27H2,(H-,42,44,46);1H/t29?,36-,37-,40+,43?;/m0./s1. The number of nitrogens with one attached hydrogen (secondary N) is 2. The van der Waals surface area contributed by atoms with Gasteiger partial charge in [0.05, 0.1) is 44.6 Å². The Morgan fingerprint density at radius 3 is 2.51 bits per heavy atom. The number of hydrogen-bond acceptors (Lipinski definition) is 8. The summed E-state index contributed by atoms with van der Waals surface area (Å²) in [5.74, 6) is 1.71. The van der Waals surface area contributed by atoms with Gasteiger partial charge in [0.1, 0.15) is 35.5 Å². The van der Waals surface area contributed by atoms with Crippen molar-refractivity contribution in [1.82, 2.24) is 5.32 Å². The van der Waals surface area contributed by atoms with Gasteiger partial charge >= 0.3 is 0 Å². The van der Waals surface area contributed by atoms with Crippen LogP contribution in [0.3, 0.4) is 0 Å². The largest absolute Gasteiger partial charge is 1.00 e. The molecule has 4 aliphatic heterocycles. The number of phenols is 1. The van der Waals surface area contributed by atoms with Crippen molar-refractivity contribution < 1.29 is 55.8 Å². The van der Waals surface area contributed by atoms with E-state index < -0.39 is 11.7 Å². The second kappa shape index (κ2) is 16.7. The number of halogens is 1. The van der Waals surface area contributed by atoms with Crippen molar-refractivity contribution in [1.29, 1.82) is 0 Å². The van der Waals surface area contributed by atoms with Gasteiger partial charge in [-0.3, -0.25) is 4.79 Å². The van der Waals surface area contributed by atoms with Crippen LogP contribution in [-0.2, 0) is 21.7 Å². The molecule has 11 heteroatoms. The molecule has 4 heterocycles. The van der Waals surface area contributed by atoms with E-state index in [0.29, 0.717) is 42.7 Å². The normalized spacial score (nSPS) is 24.5. The monoisotopic (exact) mass is 765 g/mol. The van der Waals surface area contributed by atoms with Crippen molar-refractivity contribution in [2.45, 2.75) is 69.3 Å². The van der Waals surface area contributed by atoms with Crippen LogP contribution in [-0.4, -0.2) is 84.4 Å². The lowest BCUT2D eigenvalue weighted by atomic mass is 9.80. The van der Waals surface area contributed by atoms with Crippen LogP contribution in [0.1, 0.15) is 67.7 Å². The second-order valence-electron chi connectivity index (χ2n) is 14.9. The molecule has 8 rings (SSSR count). The van der Waals surface area contributed by atoms with Gasteiger partial charge in [0.2, 0.25) is 0 Å². The lowest BCUT2D eigenvalue weighted by Gasteiger charge is -2.53. The van der Waals surface area contributed by atoms with Crippen LogP contribution in [0.15, 0.2) is 66.7 Å². The fourth-order valence-corrected chi connectivity index (χ4v) is 8.74. The number of rotatable bonds is 15. The number of fused-ring (bicyclic) bond motifs is 4. The van der Waals surface area contributed by atoms with Crippen molar-refractivity contribution in [3.63, 3.8) is 0 Å². The van der Waals surface area contributed by atoms with Crippen LogP contribution in [0.5, 0.6) is 17.2 Å². The highest BCUT2D eigenvalue weighted by Crippen LogP contribution is 2.43. The number of aliphatic hydroxyl groups is 2. The predicted octanol–water partition coefficient (Wildman–Crippen LogP) is 2.02. The van der Waals surface area contributed by atoms with E-state index in [9.17, 15) is 20.1 Å². The Balaban J connectivity index is 0.00000448. The summed E-state index contributed by atoms with van der Waals surface area (Å²) < 4.78 is 19.5. The molecule has 5 N–H and O–H groups in total. The third kappa shape index (κ3) is 8.72. The van der Waals surface area contributed by atoms with Crippen molar-refractivity contribution in [3.05, 3.63) is 83.4 Å². The van der Waals surface area contributed by atoms with Crippen molar-refractivity contribution >= 4 is 11.6 Å². The van der Waals surface area contributed by atoms with Gasteiger partial charge in [-0.2, -0.15) is 0 Å². The first-order valence-electron chi connectivity index (χ1n) is 18.4. The summed E-state index contributed by atoms with van der Waals surface area (Å²) in [5, 5.41) is 38.8. The molecule has 276 valence electrons. The number of quaternary nitrogens is 1. The SMILES string of the molecule is O=C1COc2c(cc(O)cc2[C@@H](O)CNCc2ccc(OCCC[N+]34CCC(CC3)[C@@H](OC[C@@](O)(c3ccccc3)C3CCCC3)C4)cc2)N1.[Br-]. The minimum Gasteiger partial charge on any atom is -1.00 e. The number of ether oxygens (including phenoxy) is 3. The molecular weight excluding hydrogens is 714 g/mol. The molecule has 0 spiro atoms. The number of carbonyl (C=O) groups excluding carboxylic acids is 1. The summed E-state index contributed by atoms with van der Waals surface area (Å²) in [6.07, 6.45) is 7.11. The van der Waals surface area contributed by atoms with Crippen LogP contribution < -0.4 is 37.1 Å². The Hall–Kier alpha value is -3.19. The molecule has 10 nitrogen and oxygen atoms in total. The number of nitrogens with zero attached hydrogens (tertiary/aromatic N) is 1. The average molecular weight is 767 g/mol. The van der Waals surface area contributed by atoms with E-state index in [4.69, 9.17) is 14.2 Å². The molecule has 3 aromatic carbocycles. The van der Waals surface area contributed by atoms with E-state index in [1.165, 1.54) is 50.9 Å². The maximum atomic E-state index is 12.0. The third-order valence-electron chi connectivity index (χ3n) is 11.6. The molecular formula is C40H52BrN3O7. The van der Waals surface area contributed by atoms with Gasteiger partial charge in [0, 0.05) is 49.9 Å². The maximum Gasteiger partial charge on any atom is 0.262 e. The minimum atomic E-state index is -0.929. The lowest BCUT2D eigenvalue weighted by Crippen LogP contribution is -3.00. The maximum absolute atomic E-state index is 12.0. The van der Waals surface area contributed by atoms with Gasteiger partial charge in [-0.25, -0.2) is 0 Å². The molecule has 1 saturated carbocycles. The lowest BCUT2D eigenvalue weighted by molar-refractivity contribution is -0.946. The van der Waals surface area contributed by atoms with Gasteiger partial charge in [-0.1, -0.05) is 55.3 Å². The summed E-state index contributed by atoms with van der Waals surface area (Å²) in [6.45, 7) is 6.19. The van der Waals surface area contributed by atoms with Crippen LogP contribution in [0.4, 0.5) is 5.69 Å². The number of aliphatic hydroxyl groups excluding tert-OH is 1. The minimum absolute atomic E-state index is 0. The van der Waals surface area contributed by atoms with E-state index >= 15 is 0 Å². The topological polar surface area (TPSA) is 130 Å². The smallest absolute Gasteiger partial charge is 0.262 e. The molecule has 3 saturated heterocycles. The van der Waals surface area contributed by atoms with Gasteiger partial charge < -0.3 is 61.6 Å². The summed E-state index contributed by atoms with van der Waals surface area (Å²) >= 11 is 0. The number of benzene rings is 3. The van der Waals surface area contributed by atoms with Crippen LogP contribution in [0.2, 0.25) is 0 Å². The molecule has 0 unspecified atom stereocenters. The van der Waals surface area contributed by atoms with Crippen molar-refractivity contribution in [2.24, 2.45) is 11.8 Å². The predicted molar refractivity (Wildman–Crippen MR) is 190 cm³/mol. The molecule has 4 fully saturated rings. The summed E-state index contributed by atoms with van der Waals surface area (Å²) in [6, 6.07) is 21.1. The van der Waals surface area contributed by atoms with Crippen molar-refractivity contribution in [3.8, 4) is 17.2 Å². The Kier molecular flexibility index (Phi) is 12.3.